The minimum absolute atomic E-state index is 0.0321. The number of ether oxygens (including phenoxy) is 1. The lowest BCUT2D eigenvalue weighted by atomic mass is 10.1. The van der Waals surface area contributed by atoms with Crippen LogP contribution in [0.5, 0.6) is 0 Å². The van der Waals surface area contributed by atoms with Crippen LogP contribution >= 0.6 is 0 Å². The zero-order chi connectivity index (χ0) is 16.2. The number of nitrogens with one attached hydrogen (secondary N) is 1. The van der Waals surface area contributed by atoms with Gasteiger partial charge in [-0.05, 0) is 32.8 Å². The predicted octanol–water partition coefficient (Wildman–Crippen LogP) is 2.15. The number of benzene rings is 1. The molecular weight excluding hydrogens is 280 g/mol. The van der Waals surface area contributed by atoms with Crippen molar-refractivity contribution in [2.45, 2.75) is 51.5 Å². The van der Waals surface area contributed by atoms with Crippen LogP contribution in [-0.2, 0) is 11.3 Å². The van der Waals surface area contributed by atoms with E-state index in [9.17, 15) is 9.90 Å². The molecule has 1 aliphatic rings. The molecule has 0 aliphatic carbocycles. The minimum atomic E-state index is -0.941. The molecule has 0 aromatic heterocycles. The average Bonchev–Trinajstić information content (AvgIpc) is 2.83. The van der Waals surface area contributed by atoms with Crippen LogP contribution < -0.4 is 5.32 Å². The Balaban J connectivity index is 2.04. The second-order valence-corrected chi connectivity index (χ2v) is 6.57. The molecule has 0 unspecified atom stereocenters. The number of urea groups is 1. The molecule has 2 rings (SSSR count). The lowest BCUT2D eigenvalue weighted by Gasteiger charge is -2.31. The minimum Gasteiger partial charge on any atom is -0.389 e. The third-order valence-electron chi connectivity index (χ3n) is 3.77. The van der Waals surface area contributed by atoms with E-state index in [1.165, 1.54) is 0 Å². The summed E-state index contributed by atoms with van der Waals surface area (Å²) in [6.07, 6.45) is 0.860. The van der Waals surface area contributed by atoms with Gasteiger partial charge in [-0.15, -0.1) is 0 Å². The third kappa shape index (κ3) is 5.00. The van der Waals surface area contributed by atoms with Crippen molar-refractivity contribution < 1.29 is 14.6 Å². The molecule has 122 valence electrons. The van der Waals surface area contributed by atoms with Crippen molar-refractivity contribution in [3.8, 4) is 0 Å². The van der Waals surface area contributed by atoms with Crippen LogP contribution in [0.3, 0.4) is 0 Å². The standard InChI is InChI=1S/C17H26N2O3/c1-13-15(9-10-22-13)18-16(20)19(12-17(2,3)21)11-14-7-5-4-6-8-14/h4-8,13,15,21H,9-12H2,1-3H3,(H,18,20)/t13-,15+/m0/s1. The van der Waals surface area contributed by atoms with Crippen LogP contribution in [0.4, 0.5) is 4.79 Å². The molecule has 1 saturated heterocycles. The summed E-state index contributed by atoms with van der Waals surface area (Å²) >= 11 is 0. The number of rotatable bonds is 5. The van der Waals surface area contributed by atoms with Crippen LogP contribution in [0, 0.1) is 0 Å². The number of carbonyl (C=O) groups excluding carboxylic acids is 1. The van der Waals surface area contributed by atoms with Crippen LogP contribution in [0.15, 0.2) is 30.3 Å². The molecule has 1 aliphatic heterocycles. The van der Waals surface area contributed by atoms with Gasteiger partial charge in [0, 0.05) is 13.2 Å². The molecule has 5 nitrogen and oxygen atoms in total. The van der Waals surface area contributed by atoms with Gasteiger partial charge in [-0.3, -0.25) is 0 Å². The smallest absolute Gasteiger partial charge is 0.318 e. The van der Waals surface area contributed by atoms with Gasteiger partial charge < -0.3 is 20.1 Å². The first kappa shape index (κ1) is 16.8. The molecule has 22 heavy (non-hydrogen) atoms. The Morgan fingerprint density at radius 2 is 2.09 bits per heavy atom. The highest BCUT2D eigenvalue weighted by Gasteiger charge is 2.29. The highest BCUT2D eigenvalue weighted by Crippen LogP contribution is 2.15. The molecule has 0 saturated carbocycles. The lowest BCUT2D eigenvalue weighted by Crippen LogP contribution is -2.50. The lowest BCUT2D eigenvalue weighted by molar-refractivity contribution is 0.0434. The van der Waals surface area contributed by atoms with E-state index < -0.39 is 5.60 Å². The van der Waals surface area contributed by atoms with E-state index in [1.54, 1.807) is 18.7 Å². The van der Waals surface area contributed by atoms with Crippen molar-refractivity contribution in [2.75, 3.05) is 13.2 Å². The second-order valence-electron chi connectivity index (χ2n) is 6.57. The normalized spacial score (nSPS) is 21.6. The van der Waals surface area contributed by atoms with Crippen LogP contribution in [0.25, 0.3) is 0 Å². The Kier molecular flexibility index (Phi) is 5.42. The van der Waals surface area contributed by atoms with Crippen molar-refractivity contribution in [2.24, 2.45) is 0 Å². The summed E-state index contributed by atoms with van der Waals surface area (Å²) in [5, 5.41) is 13.1. The van der Waals surface area contributed by atoms with Gasteiger partial charge in [0.15, 0.2) is 0 Å². The van der Waals surface area contributed by atoms with Gasteiger partial charge in [-0.25, -0.2) is 4.79 Å². The van der Waals surface area contributed by atoms with E-state index in [1.807, 2.05) is 37.3 Å². The zero-order valence-corrected chi connectivity index (χ0v) is 13.6. The molecule has 2 N–H and O–H groups in total. The molecule has 2 atom stereocenters. The Labute approximate surface area is 132 Å². The Hall–Kier alpha value is -1.59. The van der Waals surface area contributed by atoms with Gasteiger partial charge >= 0.3 is 6.03 Å². The molecule has 2 amide bonds. The van der Waals surface area contributed by atoms with Crippen LogP contribution in [-0.4, -0.2) is 46.9 Å². The molecular formula is C17H26N2O3. The maximum absolute atomic E-state index is 12.6. The molecule has 0 bridgehead atoms. The number of nitrogens with zero attached hydrogens (tertiary/aromatic N) is 1. The quantitative estimate of drug-likeness (QED) is 0.876. The van der Waals surface area contributed by atoms with E-state index >= 15 is 0 Å². The predicted molar refractivity (Wildman–Crippen MR) is 85.5 cm³/mol. The van der Waals surface area contributed by atoms with Crippen LogP contribution in [0.2, 0.25) is 0 Å². The number of carbonyl (C=O) groups is 1. The van der Waals surface area contributed by atoms with Crippen molar-refractivity contribution >= 4 is 6.03 Å². The van der Waals surface area contributed by atoms with Crippen LogP contribution in [0.1, 0.15) is 32.8 Å². The summed E-state index contributed by atoms with van der Waals surface area (Å²) in [6, 6.07) is 9.67. The Morgan fingerprint density at radius 1 is 1.41 bits per heavy atom. The molecule has 1 heterocycles. The van der Waals surface area contributed by atoms with Gasteiger partial charge in [0.1, 0.15) is 0 Å². The van der Waals surface area contributed by atoms with E-state index in [2.05, 4.69) is 5.32 Å². The van der Waals surface area contributed by atoms with Crippen molar-refractivity contribution in [3.63, 3.8) is 0 Å². The van der Waals surface area contributed by atoms with Crippen molar-refractivity contribution in [1.29, 1.82) is 0 Å². The van der Waals surface area contributed by atoms with E-state index in [4.69, 9.17) is 4.74 Å². The van der Waals surface area contributed by atoms with E-state index in [-0.39, 0.29) is 24.7 Å². The maximum Gasteiger partial charge on any atom is 0.318 e. The molecule has 1 aromatic rings. The SMILES string of the molecule is C[C@@H]1OCC[C@H]1NC(=O)N(Cc1ccccc1)CC(C)(C)O. The highest BCUT2D eigenvalue weighted by atomic mass is 16.5. The average molecular weight is 306 g/mol. The molecule has 0 spiro atoms. The zero-order valence-electron chi connectivity index (χ0n) is 13.6. The monoisotopic (exact) mass is 306 g/mol. The fraction of sp³-hybridized carbons (Fsp3) is 0.588. The van der Waals surface area contributed by atoms with E-state index in [0.717, 1.165) is 12.0 Å². The molecule has 1 aromatic carbocycles. The van der Waals surface area contributed by atoms with Gasteiger partial charge in [-0.1, -0.05) is 30.3 Å². The third-order valence-corrected chi connectivity index (χ3v) is 3.77. The summed E-state index contributed by atoms with van der Waals surface area (Å²) in [5.41, 5.74) is 0.0989. The summed E-state index contributed by atoms with van der Waals surface area (Å²) in [7, 11) is 0. The number of aliphatic hydroxyl groups is 1. The first-order valence-electron chi connectivity index (χ1n) is 7.78. The maximum atomic E-state index is 12.6. The van der Waals surface area contributed by atoms with E-state index in [0.29, 0.717) is 13.2 Å². The summed E-state index contributed by atoms with van der Waals surface area (Å²) in [5.74, 6) is 0. The first-order valence-corrected chi connectivity index (χ1v) is 7.78. The fourth-order valence-corrected chi connectivity index (χ4v) is 2.64. The van der Waals surface area contributed by atoms with Crippen molar-refractivity contribution in [1.82, 2.24) is 10.2 Å². The van der Waals surface area contributed by atoms with Gasteiger partial charge in [-0.2, -0.15) is 0 Å². The van der Waals surface area contributed by atoms with Gasteiger partial charge in [0.25, 0.3) is 0 Å². The Morgan fingerprint density at radius 3 is 2.64 bits per heavy atom. The topological polar surface area (TPSA) is 61.8 Å². The first-order chi connectivity index (χ1) is 10.3. The van der Waals surface area contributed by atoms with Gasteiger partial charge in [0.05, 0.1) is 24.3 Å². The number of hydrogen-bond acceptors (Lipinski definition) is 3. The largest absolute Gasteiger partial charge is 0.389 e. The highest BCUT2D eigenvalue weighted by molar-refractivity contribution is 5.74. The second kappa shape index (κ2) is 7.11. The fourth-order valence-electron chi connectivity index (χ4n) is 2.64. The molecule has 0 radical (unpaired) electrons. The number of amides is 2. The summed E-state index contributed by atoms with van der Waals surface area (Å²) in [6.45, 7) is 6.80. The molecule has 5 heteroatoms. The summed E-state index contributed by atoms with van der Waals surface area (Å²) in [4.78, 5) is 14.2. The van der Waals surface area contributed by atoms with Gasteiger partial charge in [0.2, 0.25) is 0 Å². The molecule has 1 fully saturated rings. The number of hydrogen-bond donors (Lipinski definition) is 2. The Bertz CT molecular complexity index is 484. The summed E-state index contributed by atoms with van der Waals surface area (Å²) < 4.78 is 5.48. The van der Waals surface area contributed by atoms with Crippen molar-refractivity contribution in [3.05, 3.63) is 35.9 Å².